The van der Waals surface area contributed by atoms with Gasteiger partial charge in [0.2, 0.25) is 5.91 Å². The zero-order valence-corrected chi connectivity index (χ0v) is 16.8. The Balaban J connectivity index is 1.57. The molecular weight excluding hydrogens is 360 g/mol. The van der Waals surface area contributed by atoms with Gasteiger partial charge in [-0.1, -0.05) is 30.3 Å². The molecule has 2 fully saturated rings. The first-order valence-electron chi connectivity index (χ1n) is 9.88. The van der Waals surface area contributed by atoms with E-state index in [-0.39, 0.29) is 24.8 Å². The number of carbonyl (C=O) groups is 2. The molecule has 0 aliphatic carbocycles. The number of amides is 2. The lowest BCUT2D eigenvalue weighted by molar-refractivity contribution is -0.183. The Hall–Kier alpha value is -2.12. The summed E-state index contributed by atoms with van der Waals surface area (Å²) in [6.45, 7) is 6.46. The van der Waals surface area contributed by atoms with Gasteiger partial charge in [0.15, 0.2) is 0 Å². The van der Waals surface area contributed by atoms with Crippen molar-refractivity contribution < 1.29 is 23.8 Å². The number of carbonyl (C=O) groups excluding carboxylic acids is 2. The number of rotatable bonds is 5. The number of benzene rings is 1. The van der Waals surface area contributed by atoms with Crippen molar-refractivity contribution >= 4 is 12.0 Å². The van der Waals surface area contributed by atoms with Crippen molar-refractivity contribution in [2.24, 2.45) is 0 Å². The monoisotopic (exact) mass is 390 g/mol. The van der Waals surface area contributed by atoms with Crippen LogP contribution in [-0.4, -0.2) is 54.0 Å². The van der Waals surface area contributed by atoms with Crippen molar-refractivity contribution in [3.8, 4) is 0 Å². The van der Waals surface area contributed by atoms with Crippen molar-refractivity contribution in [1.82, 2.24) is 10.2 Å². The van der Waals surface area contributed by atoms with Gasteiger partial charge in [-0.25, -0.2) is 4.79 Å². The molecule has 2 aliphatic heterocycles. The van der Waals surface area contributed by atoms with Crippen molar-refractivity contribution in [1.29, 1.82) is 0 Å². The molecule has 1 aromatic carbocycles. The predicted molar refractivity (Wildman–Crippen MR) is 103 cm³/mol. The molecular formula is C21H30N2O5. The Labute approximate surface area is 166 Å². The summed E-state index contributed by atoms with van der Waals surface area (Å²) in [7, 11) is 0. The normalized spacial score (nSPS) is 25.2. The van der Waals surface area contributed by atoms with Gasteiger partial charge in [-0.15, -0.1) is 0 Å². The maximum absolute atomic E-state index is 13.0. The molecule has 28 heavy (non-hydrogen) atoms. The molecule has 0 spiro atoms. The Morgan fingerprint density at radius 1 is 1.25 bits per heavy atom. The SMILES string of the molecule is CC(C)(C)OC(=O)N[C@H]1CO[C@@H]2CCC[C@@H](COCc3ccccc3)N2C1=O. The largest absolute Gasteiger partial charge is 0.444 e. The second-order valence-electron chi connectivity index (χ2n) is 8.32. The van der Waals surface area contributed by atoms with Crippen LogP contribution in [0.5, 0.6) is 0 Å². The van der Waals surface area contributed by atoms with E-state index in [0.717, 1.165) is 24.8 Å². The maximum Gasteiger partial charge on any atom is 0.408 e. The number of ether oxygens (including phenoxy) is 3. The molecule has 2 saturated heterocycles. The number of nitrogens with one attached hydrogen (secondary N) is 1. The van der Waals surface area contributed by atoms with Gasteiger partial charge in [-0.3, -0.25) is 4.79 Å². The molecule has 2 aliphatic rings. The minimum atomic E-state index is -0.735. The first-order valence-corrected chi connectivity index (χ1v) is 9.88. The number of piperidine rings is 1. The molecule has 2 amide bonds. The van der Waals surface area contributed by atoms with E-state index in [0.29, 0.717) is 13.2 Å². The van der Waals surface area contributed by atoms with E-state index in [1.54, 1.807) is 25.7 Å². The summed E-state index contributed by atoms with van der Waals surface area (Å²) >= 11 is 0. The number of hydrogen-bond donors (Lipinski definition) is 1. The summed E-state index contributed by atoms with van der Waals surface area (Å²) in [5, 5.41) is 2.64. The molecule has 0 unspecified atom stereocenters. The molecule has 2 heterocycles. The maximum atomic E-state index is 13.0. The van der Waals surface area contributed by atoms with Gasteiger partial charge >= 0.3 is 6.09 Å². The molecule has 3 atom stereocenters. The third-order valence-electron chi connectivity index (χ3n) is 4.81. The molecule has 1 N–H and O–H groups in total. The molecule has 0 saturated carbocycles. The fraction of sp³-hybridized carbons (Fsp3) is 0.619. The van der Waals surface area contributed by atoms with E-state index in [2.05, 4.69) is 5.32 Å². The van der Waals surface area contributed by atoms with Crippen LogP contribution in [-0.2, 0) is 25.6 Å². The number of hydrogen-bond acceptors (Lipinski definition) is 5. The van der Waals surface area contributed by atoms with E-state index in [9.17, 15) is 9.59 Å². The third-order valence-corrected chi connectivity index (χ3v) is 4.81. The van der Waals surface area contributed by atoms with E-state index in [1.807, 2.05) is 30.3 Å². The second-order valence-corrected chi connectivity index (χ2v) is 8.32. The van der Waals surface area contributed by atoms with Crippen molar-refractivity contribution in [3.05, 3.63) is 35.9 Å². The van der Waals surface area contributed by atoms with Crippen LogP contribution >= 0.6 is 0 Å². The Morgan fingerprint density at radius 3 is 2.71 bits per heavy atom. The highest BCUT2D eigenvalue weighted by atomic mass is 16.6. The molecule has 7 heteroatoms. The van der Waals surface area contributed by atoms with E-state index < -0.39 is 17.7 Å². The average Bonchev–Trinajstić information content (AvgIpc) is 2.63. The molecule has 154 valence electrons. The standard InChI is InChI=1S/C21H30N2O5/c1-21(2,3)28-20(25)22-17-14-27-18-11-7-10-16(23(18)19(17)24)13-26-12-15-8-5-4-6-9-15/h4-6,8-9,16-18H,7,10-14H2,1-3H3,(H,22,25)/t16-,17-,18+/m0/s1. The summed E-state index contributed by atoms with van der Waals surface area (Å²) in [6.07, 6.45) is 1.79. The van der Waals surface area contributed by atoms with Crippen molar-refractivity contribution in [3.63, 3.8) is 0 Å². The lowest BCUT2D eigenvalue weighted by Gasteiger charge is -2.46. The molecule has 1 aromatic rings. The third kappa shape index (κ3) is 5.45. The lowest BCUT2D eigenvalue weighted by atomic mass is 9.98. The van der Waals surface area contributed by atoms with Crippen LogP contribution in [0.4, 0.5) is 4.79 Å². The Kier molecular flexibility index (Phi) is 6.57. The Bertz CT molecular complexity index is 673. The first kappa shape index (κ1) is 20.6. The van der Waals surface area contributed by atoms with Gasteiger partial charge in [0, 0.05) is 0 Å². The van der Waals surface area contributed by atoms with Crippen LogP contribution in [0.3, 0.4) is 0 Å². The molecule has 0 bridgehead atoms. The van der Waals surface area contributed by atoms with Gasteiger partial charge in [0.1, 0.15) is 17.9 Å². The van der Waals surface area contributed by atoms with Crippen LogP contribution in [0.1, 0.15) is 45.6 Å². The van der Waals surface area contributed by atoms with Gasteiger partial charge in [0.05, 0.1) is 25.9 Å². The molecule has 3 rings (SSSR count). The topological polar surface area (TPSA) is 77.1 Å². The summed E-state index contributed by atoms with van der Waals surface area (Å²) < 4.78 is 17.0. The number of nitrogens with zero attached hydrogens (tertiary/aromatic N) is 1. The van der Waals surface area contributed by atoms with Crippen LogP contribution < -0.4 is 5.32 Å². The quantitative estimate of drug-likeness (QED) is 0.837. The summed E-state index contributed by atoms with van der Waals surface area (Å²) in [4.78, 5) is 26.8. The zero-order chi connectivity index (χ0) is 20.1. The zero-order valence-electron chi connectivity index (χ0n) is 16.8. The summed E-state index contributed by atoms with van der Waals surface area (Å²) in [6, 6.07) is 9.16. The second kappa shape index (κ2) is 8.92. The van der Waals surface area contributed by atoms with Crippen LogP contribution in [0.15, 0.2) is 30.3 Å². The van der Waals surface area contributed by atoms with E-state index in [1.165, 1.54) is 0 Å². The average molecular weight is 390 g/mol. The highest BCUT2D eigenvalue weighted by Gasteiger charge is 2.43. The van der Waals surface area contributed by atoms with E-state index >= 15 is 0 Å². The highest BCUT2D eigenvalue weighted by Crippen LogP contribution is 2.28. The smallest absolute Gasteiger partial charge is 0.408 e. The van der Waals surface area contributed by atoms with Crippen LogP contribution in [0, 0.1) is 0 Å². The summed E-state index contributed by atoms with van der Waals surface area (Å²) in [5.74, 6) is -0.130. The number of fused-ring (bicyclic) bond motifs is 1. The number of alkyl carbamates (subject to hydrolysis) is 1. The minimum Gasteiger partial charge on any atom is -0.444 e. The van der Waals surface area contributed by atoms with Crippen molar-refractivity contribution in [2.75, 3.05) is 13.2 Å². The highest BCUT2D eigenvalue weighted by molar-refractivity contribution is 5.87. The first-order chi connectivity index (χ1) is 13.3. The molecule has 0 aromatic heterocycles. The predicted octanol–water partition coefficient (Wildman–Crippen LogP) is 2.83. The fourth-order valence-corrected chi connectivity index (χ4v) is 3.59. The van der Waals surface area contributed by atoms with Gasteiger partial charge in [-0.05, 0) is 45.6 Å². The molecule has 0 radical (unpaired) electrons. The summed E-state index contributed by atoms with van der Waals surface area (Å²) in [5.41, 5.74) is 0.477. The molecule has 7 nitrogen and oxygen atoms in total. The van der Waals surface area contributed by atoms with Crippen molar-refractivity contribution in [2.45, 2.75) is 70.6 Å². The fourth-order valence-electron chi connectivity index (χ4n) is 3.59. The van der Waals surface area contributed by atoms with Gasteiger partial charge < -0.3 is 24.4 Å². The van der Waals surface area contributed by atoms with Crippen LogP contribution in [0.2, 0.25) is 0 Å². The lowest BCUT2D eigenvalue weighted by Crippen LogP contribution is -2.64. The van der Waals surface area contributed by atoms with E-state index in [4.69, 9.17) is 14.2 Å². The Morgan fingerprint density at radius 2 is 2.00 bits per heavy atom. The van der Waals surface area contributed by atoms with Crippen LogP contribution in [0.25, 0.3) is 0 Å². The minimum absolute atomic E-state index is 0.0572. The van der Waals surface area contributed by atoms with Gasteiger partial charge in [-0.2, -0.15) is 0 Å². The van der Waals surface area contributed by atoms with Gasteiger partial charge in [0.25, 0.3) is 0 Å².